The fourth-order valence-corrected chi connectivity index (χ4v) is 11.4. The number of unbranched alkanes of at least 4 members (excludes halogenated alkanes) is 45. The van der Waals surface area contributed by atoms with E-state index in [1.807, 2.05) is 21.1 Å². The molecule has 0 rings (SSSR count). The molecule has 83 heavy (non-hydrogen) atoms. The zero-order valence-electron chi connectivity index (χ0n) is 55.7. The number of allylic oxidation sites excluding steroid dienone is 8. The quantitative estimate of drug-likeness (QED) is 0.0195. The van der Waals surface area contributed by atoms with E-state index in [2.05, 4.69) is 62.5 Å². The van der Waals surface area contributed by atoms with Crippen LogP contribution in [0, 0.1) is 0 Å². The smallest absolute Gasteiger partial charge is 0.306 e. The maximum atomic E-state index is 12.8. The number of phosphoric ester groups is 1. The molecule has 10 heteroatoms. The van der Waals surface area contributed by atoms with Gasteiger partial charge in [0.05, 0.1) is 27.7 Å². The summed E-state index contributed by atoms with van der Waals surface area (Å²) in [5, 5.41) is 0. The van der Waals surface area contributed by atoms with Crippen LogP contribution in [0.25, 0.3) is 0 Å². The van der Waals surface area contributed by atoms with E-state index in [1.165, 1.54) is 250 Å². The molecule has 0 amide bonds. The summed E-state index contributed by atoms with van der Waals surface area (Å²) in [5.41, 5.74) is 0. The number of esters is 2. The van der Waals surface area contributed by atoms with Crippen LogP contribution in [-0.2, 0) is 32.7 Å². The Morgan fingerprint density at radius 2 is 0.687 bits per heavy atom. The van der Waals surface area contributed by atoms with Gasteiger partial charge in [0.2, 0.25) is 0 Å². The van der Waals surface area contributed by atoms with Gasteiger partial charge in [-0.2, -0.15) is 0 Å². The largest absolute Gasteiger partial charge is 0.756 e. The van der Waals surface area contributed by atoms with Gasteiger partial charge in [0, 0.05) is 12.8 Å². The summed E-state index contributed by atoms with van der Waals surface area (Å²) in [7, 11) is 1.18. The molecule has 0 radical (unpaired) electrons. The van der Waals surface area contributed by atoms with Gasteiger partial charge in [0.15, 0.2) is 6.10 Å². The molecular weight excluding hydrogens is 1050 g/mol. The molecule has 0 aromatic heterocycles. The lowest BCUT2D eigenvalue weighted by Crippen LogP contribution is -2.37. The molecule has 0 saturated heterocycles. The van der Waals surface area contributed by atoms with Gasteiger partial charge in [0.1, 0.15) is 19.8 Å². The lowest BCUT2D eigenvalue weighted by atomic mass is 10.0. The summed E-state index contributed by atoms with van der Waals surface area (Å²) in [6.45, 7) is 4.18. The highest BCUT2D eigenvalue weighted by molar-refractivity contribution is 7.45. The number of rotatable bonds is 67. The molecule has 0 aliphatic rings. The van der Waals surface area contributed by atoms with E-state index < -0.39 is 26.5 Å². The van der Waals surface area contributed by atoms with Crippen LogP contribution in [0.15, 0.2) is 48.6 Å². The molecule has 0 aromatic carbocycles. The second kappa shape index (κ2) is 64.4. The number of phosphoric acid groups is 1. The molecule has 2 unspecified atom stereocenters. The van der Waals surface area contributed by atoms with Crippen molar-refractivity contribution in [2.24, 2.45) is 0 Å². The Bertz CT molecular complexity index is 1540. The van der Waals surface area contributed by atoms with Crippen LogP contribution in [0.5, 0.6) is 0 Å². The minimum atomic E-state index is -4.64. The summed E-state index contributed by atoms with van der Waals surface area (Å²) in [4.78, 5) is 38.0. The van der Waals surface area contributed by atoms with Gasteiger partial charge >= 0.3 is 11.9 Å². The van der Waals surface area contributed by atoms with Gasteiger partial charge in [-0.1, -0.05) is 339 Å². The van der Waals surface area contributed by atoms with Crippen molar-refractivity contribution in [1.82, 2.24) is 0 Å². The van der Waals surface area contributed by atoms with E-state index >= 15 is 0 Å². The van der Waals surface area contributed by atoms with Crippen molar-refractivity contribution in [2.45, 2.75) is 360 Å². The molecule has 0 aliphatic heterocycles. The molecule has 488 valence electrons. The number of ether oxygens (including phenoxy) is 2. The molecule has 0 N–H and O–H groups in total. The maximum Gasteiger partial charge on any atom is 0.306 e. The van der Waals surface area contributed by atoms with E-state index in [0.717, 1.165) is 70.6 Å². The fourth-order valence-electron chi connectivity index (χ4n) is 10.7. The number of carbonyl (C=O) groups is 2. The number of hydrogen-bond acceptors (Lipinski definition) is 8. The van der Waals surface area contributed by atoms with Crippen LogP contribution in [0.2, 0.25) is 0 Å². The Morgan fingerprint density at radius 1 is 0.386 bits per heavy atom. The number of carbonyl (C=O) groups excluding carboxylic acids is 2. The minimum absolute atomic E-state index is 0.0310. The Morgan fingerprint density at radius 3 is 1.02 bits per heavy atom. The second-order valence-electron chi connectivity index (χ2n) is 25.6. The first kappa shape index (κ1) is 81.0. The van der Waals surface area contributed by atoms with Gasteiger partial charge < -0.3 is 27.9 Å². The van der Waals surface area contributed by atoms with Gasteiger partial charge in [-0.25, -0.2) is 0 Å². The Kier molecular flexibility index (Phi) is 62.9. The second-order valence-corrected chi connectivity index (χ2v) is 27.0. The van der Waals surface area contributed by atoms with Crippen molar-refractivity contribution in [1.29, 1.82) is 0 Å². The van der Waals surface area contributed by atoms with Crippen molar-refractivity contribution in [2.75, 3.05) is 47.5 Å². The maximum absolute atomic E-state index is 12.8. The molecule has 0 spiro atoms. The molecule has 0 fully saturated rings. The molecule has 0 aliphatic carbocycles. The predicted octanol–water partition coefficient (Wildman–Crippen LogP) is 22.6. The Labute approximate surface area is 515 Å². The number of hydrogen-bond donors (Lipinski definition) is 0. The summed E-state index contributed by atoms with van der Waals surface area (Å²) in [6, 6.07) is 0. The molecule has 0 aromatic rings. The fraction of sp³-hybridized carbons (Fsp3) is 0.863. The zero-order valence-corrected chi connectivity index (χ0v) is 56.6. The van der Waals surface area contributed by atoms with E-state index in [9.17, 15) is 19.0 Å². The van der Waals surface area contributed by atoms with E-state index in [0.29, 0.717) is 17.4 Å². The van der Waals surface area contributed by atoms with Crippen molar-refractivity contribution in [3.63, 3.8) is 0 Å². The molecule has 0 saturated carbocycles. The first-order chi connectivity index (χ1) is 40.5. The summed E-state index contributed by atoms with van der Waals surface area (Å²) in [5.74, 6) is -0.822. The third-order valence-corrected chi connectivity index (χ3v) is 17.1. The molecule has 0 bridgehead atoms. The normalized spacial score (nSPS) is 13.4. The Hall–Kier alpha value is -2.03. The average Bonchev–Trinajstić information content (AvgIpc) is 3.49. The molecular formula is C73H138NO8P. The van der Waals surface area contributed by atoms with Crippen LogP contribution < -0.4 is 4.89 Å². The highest BCUT2D eigenvalue weighted by Gasteiger charge is 2.22. The first-order valence-corrected chi connectivity index (χ1v) is 37.3. The molecule has 2 atom stereocenters. The van der Waals surface area contributed by atoms with Crippen molar-refractivity contribution >= 4 is 19.8 Å². The molecule has 0 heterocycles. The lowest BCUT2D eigenvalue weighted by molar-refractivity contribution is -0.870. The van der Waals surface area contributed by atoms with Crippen molar-refractivity contribution in [3.05, 3.63) is 48.6 Å². The SMILES string of the molecule is CC/C=C\C/C=C\C/C=C\C/C=C\CCCCCCCCCCCCC(=O)OC(COC(=O)CCCCCCCCCCCCCCCCCCCCCCCCCCCCCCCCCCCCCC)COP(=O)([O-])OCC[N+](C)(C)C. The number of likely N-dealkylation sites (N-methyl/N-ethyl adjacent to an activating group) is 1. The standard InChI is InChI=1S/C73H138NO8P/c1-6-8-10-12-14-16-18-20-22-24-26-28-30-31-32-33-34-35-36-37-38-39-40-41-42-44-45-47-49-51-53-55-57-59-61-63-65-72(75)79-69-71(70-81-83(77,78)80-68-67-74(3,4)5)82-73(76)66-64-62-60-58-56-54-52-50-48-46-43-29-27-25-23-21-19-17-15-13-11-9-7-2/h9,11,15,17,21,23,27,29,71H,6-8,10,12-14,16,18-20,22,24-26,28,30-70H2,1-5H3/b11-9-,17-15-,23-21-,29-27-. The summed E-state index contributed by atoms with van der Waals surface area (Å²) in [6.07, 6.45) is 83.6. The topological polar surface area (TPSA) is 111 Å². The van der Waals surface area contributed by atoms with Crippen molar-refractivity contribution < 1.29 is 42.1 Å². The summed E-state index contributed by atoms with van der Waals surface area (Å²) >= 11 is 0. The van der Waals surface area contributed by atoms with Crippen molar-refractivity contribution in [3.8, 4) is 0 Å². The minimum Gasteiger partial charge on any atom is -0.756 e. The highest BCUT2D eigenvalue weighted by Crippen LogP contribution is 2.38. The monoisotopic (exact) mass is 1190 g/mol. The van der Waals surface area contributed by atoms with Gasteiger partial charge in [-0.05, 0) is 51.4 Å². The van der Waals surface area contributed by atoms with Crippen LogP contribution >= 0.6 is 7.82 Å². The third kappa shape index (κ3) is 68.9. The predicted molar refractivity (Wildman–Crippen MR) is 356 cm³/mol. The van der Waals surface area contributed by atoms with Crippen LogP contribution in [0.1, 0.15) is 354 Å². The van der Waals surface area contributed by atoms with Gasteiger partial charge in [0.25, 0.3) is 7.82 Å². The van der Waals surface area contributed by atoms with E-state index in [1.54, 1.807) is 0 Å². The first-order valence-electron chi connectivity index (χ1n) is 35.8. The lowest BCUT2D eigenvalue weighted by Gasteiger charge is -2.28. The average molecular weight is 1190 g/mol. The Balaban J connectivity index is 3.94. The number of quaternary nitrogens is 1. The van der Waals surface area contributed by atoms with Gasteiger partial charge in [-0.3, -0.25) is 14.2 Å². The molecule has 9 nitrogen and oxygen atoms in total. The van der Waals surface area contributed by atoms with Crippen LogP contribution in [-0.4, -0.2) is 70.0 Å². The summed E-state index contributed by atoms with van der Waals surface area (Å²) < 4.78 is 34.3. The number of nitrogens with zero attached hydrogens (tertiary/aromatic N) is 1. The van der Waals surface area contributed by atoms with E-state index in [-0.39, 0.29) is 32.0 Å². The van der Waals surface area contributed by atoms with Crippen LogP contribution in [0.3, 0.4) is 0 Å². The zero-order chi connectivity index (χ0) is 60.5. The van der Waals surface area contributed by atoms with E-state index in [4.69, 9.17) is 18.5 Å². The van der Waals surface area contributed by atoms with Gasteiger partial charge in [-0.15, -0.1) is 0 Å². The highest BCUT2D eigenvalue weighted by atomic mass is 31.2. The van der Waals surface area contributed by atoms with Crippen LogP contribution in [0.4, 0.5) is 0 Å². The third-order valence-electron chi connectivity index (χ3n) is 16.1.